The smallest absolute Gasteiger partial charge is 0.273 e. The van der Waals surface area contributed by atoms with E-state index >= 15 is 0 Å². The number of nitrogens with zero attached hydrogens (tertiary/aromatic N) is 4. The van der Waals surface area contributed by atoms with Crippen molar-refractivity contribution in [3.63, 3.8) is 0 Å². The Hall–Kier alpha value is -1.72. The van der Waals surface area contributed by atoms with Crippen molar-refractivity contribution in [2.75, 3.05) is 0 Å². The minimum Gasteiger partial charge on any atom is -0.273 e. The van der Waals surface area contributed by atoms with Gasteiger partial charge < -0.3 is 0 Å². The van der Waals surface area contributed by atoms with E-state index in [1.165, 1.54) is 11.9 Å². The first kappa shape index (κ1) is 21.3. The van der Waals surface area contributed by atoms with Crippen LogP contribution < -0.4 is 0 Å². The highest BCUT2D eigenvalue weighted by Crippen LogP contribution is 2.14. The van der Waals surface area contributed by atoms with Crippen LogP contribution in [0.5, 0.6) is 0 Å². The van der Waals surface area contributed by atoms with Gasteiger partial charge in [0.25, 0.3) is 0 Å². The number of rotatable bonds is 4. The third-order valence-corrected chi connectivity index (χ3v) is 3.00. The molecule has 0 saturated carbocycles. The Bertz CT molecular complexity index is 508. The molecule has 0 saturated heterocycles. The molecule has 0 bridgehead atoms. The molecular formula is C17H30F2N4. The summed E-state index contributed by atoms with van der Waals surface area (Å²) in [6.45, 7) is 12.7. The highest BCUT2D eigenvalue weighted by Gasteiger charge is 2.08. The van der Waals surface area contributed by atoms with E-state index in [-0.39, 0.29) is 5.92 Å². The lowest BCUT2D eigenvalue weighted by molar-refractivity contribution is 0.0561. The van der Waals surface area contributed by atoms with Crippen molar-refractivity contribution in [2.45, 2.75) is 73.4 Å². The Kier molecular flexibility index (Phi) is 10.1. The average molecular weight is 328 g/mol. The van der Waals surface area contributed by atoms with Gasteiger partial charge in [-0.3, -0.25) is 4.68 Å². The zero-order chi connectivity index (χ0) is 18.0. The summed E-state index contributed by atoms with van der Waals surface area (Å²) >= 11 is 0. The zero-order valence-corrected chi connectivity index (χ0v) is 15.3. The Morgan fingerprint density at radius 2 is 1.39 bits per heavy atom. The maximum absolute atomic E-state index is 11.9. The molecule has 0 aliphatic heterocycles. The first-order valence-electron chi connectivity index (χ1n) is 8.21. The third-order valence-electron chi connectivity index (χ3n) is 3.00. The summed E-state index contributed by atoms with van der Waals surface area (Å²) in [7, 11) is 0. The molecule has 0 atom stereocenters. The fourth-order valence-electron chi connectivity index (χ4n) is 1.63. The van der Waals surface area contributed by atoms with Crippen molar-refractivity contribution in [3.8, 4) is 0 Å². The third kappa shape index (κ3) is 7.39. The molecule has 0 fully saturated rings. The molecule has 0 radical (unpaired) electrons. The molecule has 4 nitrogen and oxygen atoms in total. The molecule has 0 spiro atoms. The van der Waals surface area contributed by atoms with Crippen LogP contribution in [0.15, 0.2) is 24.5 Å². The van der Waals surface area contributed by atoms with Crippen molar-refractivity contribution in [2.24, 2.45) is 0 Å². The van der Waals surface area contributed by atoms with Crippen LogP contribution in [0.25, 0.3) is 0 Å². The van der Waals surface area contributed by atoms with E-state index < -0.39 is 6.55 Å². The fraction of sp³-hybridized carbons (Fsp3) is 0.647. The molecule has 2 aromatic rings. The molecule has 132 valence electrons. The van der Waals surface area contributed by atoms with Gasteiger partial charge in [-0.2, -0.15) is 19.0 Å². The second-order valence-corrected chi connectivity index (χ2v) is 5.40. The van der Waals surface area contributed by atoms with Crippen molar-refractivity contribution in [1.29, 1.82) is 0 Å². The van der Waals surface area contributed by atoms with Gasteiger partial charge in [-0.15, -0.1) is 0 Å². The molecule has 0 unspecified atom stereocenters. The summed E-state index contributed by atoms with van der Waals surface area (Å²) in [5.74, 6) is 0.753. The number of aryl methyl sites for hydroxylation is 1. The second-order valence-electron chi connectivity index (χ2n) is 5.40. The average Bonchev–Trinajstić information content (AvgIpc) is 3.19. The Morgan fingerprint density at radius 1 is 0.913 bits per heavy atom. The first-order chi connectivity index (χ1) is 10.8. The number of halogens is 2. The number of alkyl halides is 2. The number of aromatic nitrogens is 4. The van der Waals surface area contributed by atoms with E-state index in [0.717, 1.165) is 6.54 Å². The molecule has 0 aliphatic carbocycles. The summed E-state index contributed by atoms with van der Waals surface area (Å²) < 4.78 is 26.5. The molecule has 2 rings (SSSR count). The summed E-state index contributed by atoms with van der Waals surface area (Å²) in [6, 6.07) is 3.69. The van der Waals surface area contributed by atoms with Crippen LogP contribution >= 0.6 is 0 Å². The molecule has 0 aromatic carbocycles. The predicted octanol–water partition coefficient (Wildman–Crippen LogP) is 5.45. The van der Waals surface area contributed by atoms with Crippen LogP contribution in [-0.4, -0.2) is 19.6 Å². The monoisotopic (exact) mass is 328 g/mol. The van der Waals surface area contributed by atoms with E-state index in [2.05, 4.69) is 37.0 Å². The summed E-state index contributed by atoms with van der Waals surface area (Å²) in [6.07, 6.45) is 3.31. The molecule has 0 N–H and O–H groups in total. The van der Waals surface area contributed by atoms with E-state index in [1.54, 1.807) is 6.07 Å². The van der Waals surface area contributed by atoms with Crippen LogP contribution in [0.1, 0.15) is 78.2 Å². The predicted molar refractivity (Wildman–Crippen MR) is 90.9 cm³/mol. The molecule has 2 aromatic heterocycles. The summed E-state index contributed by atoms with van der Waals surface area (Å²) in [4.78, 5) is 0. The minimum atomic E-state index is -2.53. The van der Waals surface area contributed by atoms with Crippen LogP contribution in [0, 0.1) is 0 Å². The Labute approximate surface area is 138 Å². The molecule has 6 heteroatoms. The second kappa shape index (κ2) is 10.9. The Balaban J connectivity index is 0.000000381. The largest absolute Gasteiger partial charge is 0.333 e. The SMILES string of the molecule is CC.CC(C)c1ccn(C(F)F)n1.CCn1ccc(C(C)C)n1. The normalized spacial score (nSPS) is 10.4. The first-order valence-corrected chi connectivity index (χ1v) is 8.21. The molecule has 0 amide bonds. The molecular weight excluding hydrogens is 298 g/mol. The minimum absolute atomic E-state index is 0.204. The van der Waals surface area contributed by atoms with Gasteiger partial charge in [0.05, 0.1) is 11.4 Å². The van der Waals surface area contributed by atoms with Crippen molar-refractivity contribution < 1.29 is 8.78 Å². The van der Waals surface area contributed by atoms with Gasteiger partial charge in [-0.05, 0) is 30.9 Å². The van der Waals surface area contributed by atoms with Crippen LogP contribution in [-0.2, 0) is 6.54 Å². The van der Waals surface area contributed by atoms with Crippen molar-refractivity contribution >= 4 is 0 Å². The van der Waals surface area contributed by atoms with Gasteiger partial charge in [-0.1, -0.05) is 41.5 Å². The van der Waals surface area contributed by atoms with E-state index in [0.29, 0.717) is 16.3 Å². The quantitative estimate of drug-likeness (QED) is 0.747. The van der Waals surface area contributed by atoms with Gasteiger partial charge in [0.15, 0.2) is 0 Å². The lowest BCUT2D eigenvalue weighted by Crippen LogP contribution is -1.99. The topological polar surface area (TPSA) is 35.6 Å². The van der Waals surface area contributed by atoms with Gasteiger partial charge in [0.2, 0.25) is 0 Å². The van der Waals surface area contributed by atoms with Gasteiger partial charge in [-0.25, -0.2) is 4.68 Å². The standard InChI is InChI=1S/C8H14N2.C7H10F2N2.C2H6/c1-4-10-6-5-8(9-10)7(2)3;1-5(2)6-3-4-11(10-6)7(8)9;1-2/h5-7H,4H2,1-3H3;3-5,7H,1-2H3;1-2H3. The maximum Gasteiger partial charge on any atom is 0.333 e. The van der Waals surface area contributed by atoms with Gasteiger partial charge in [0, 0.05) is 18.9 Å². The molecule has 0 aliphatic rings. The lowest BCUT2D eigenvalue weighted by Gasteiger charge is -1.99. The lowest BCUT2D eigenvalue weighted by atomic mass is 10.1. The molecule has 2 heterocycles. The number of hydrogen-bond acceptors (Lipinski definition) is 2. The van der Waals surface area contributed by atoms with Crippen LogP contribution in [0.3, 0.4) is 0 Å². The Morgan fingerprint density at radius 3 is 1.65 bits per heavy atom. The van der Waals surface area contributed by atoms with Crippen molar-refractivity contribution in [3.05, 3.63) is 35.9 Å². The van der Waals surface area contributed by atoms with Crippen molar-refractivity contribution in [1.82, 2.24) is 19.6 Å². The number of hydrogen-bond donors (Lipinski definition) is 0. The molecule has 23 heavy (non-hydrogen) atoms. The maximum atomic E-state index is 11.9. The summed E-state index contributed by atoms with van der Waals surface area (Å²) in [5, 5.41) is 8.02. The van der Waals surface area contributed by atoms with Crippen LogP contribution in [0.4, 0.5) is 8.78 Å². The zero-order valence-electron chi connectivity index (χ0n) is 15.3. The highest BCUT2D eigenvalue weighted by atomic mass is 19.3. The van der Waals surface area contributed by atoms with Gasteiger partial charge in [0.1, 0.15) is 0 Å². The van der Waals surface area contributed by atoms with Crippen LogP contribution in [0.2, 0.25) is 0 Å². The van der Waals surface area contributed by atoms with E-state index in [4.69, 9.17) is 0 Å². The van der Waals surface area contributed by atoms with E-state index in [9.17, 15) is 8.78 Å². The summed E-state index contributed by atoms with van der Waals surface area (Å²) in [5.41, 5.74) is 1.88. The fourth-order valence-corrected chi connectivity index (χ4v) is 1.63. The van der Waals surface area contributed by atoms with Gasteiger partial charge >= 0.3 is 6.55 Å². The van der Waals surface area contributed by atoms with E-state index in [1.807, 2.05) is 38.6 Å². The highest BCUT2D eigenvalue weighted by molar-refractivity contribution is 5.04.